The third-order valence-corrected chi connectivity index (χ3v) is 6.00. The summed E-state index contributed by atoms with van der Waals surface area (Å²) >= 11 is 0. The lowest BCUT2D eigenvalue weighted by molar-refractivity contribution is 0.571. The molecule has 1 aromatic carbocycles. The number of hydrogen-bond donors (Lipinski definition) is 1. The summed E-state index contributed by atoms with van der Waals surface area (Å²) in [4.78, 5) is 0. The molecular formula is C13H17NO4S2. The highest BCUT2D eigenvalue weighted by atomic mass is 32.2. The Hall–Kier alpha value is -1.18. The molecule has 1 atom stereocenters. The molecule has 0 bridgehead atoms. The number of rotatable bonds is 4. The van der Waals surface area contributed by atoms with Gasteiger partial charge in [0.15, 0.2) is 9.84 Å². The molecule has 1 saturated heterocycles. The third-order valence-electron chi connectivity index (χ3n) is 3.08. The van der Waals surface area contributed by atoms with Crippen LogP contribution >= 0.6 is 0 Å². The Bertz CT molecular complexity index is 703. The standard InChI is InChI=1S/C13H17NO4S2/c1-11-2-4-12(5-3-11)6-9-20(17,18)14-13-7-8-19(15,16)10-13/h2-6,9,13-14H,7-8,10H2,1H3/b9-6+. The van der Waals surface area contributed by atoms with Gasteiger partial charge in [-0.25, -0.2) is 21.6 Å². The molecule has 7 heteroatoms. The quantitative estimate of drug-likeness (QED) is 0.901. The molecule has 0 saturated carbocycles. The van der Waals surface area contributed by atoms with E-state index in [2.05, 4.69) is 4.72 Å². The lowest BCUT2D eigenvalue weighted by atomic mass is 10.2. The monoisotopic (exact) mass is 315 g/mol. The molecule has 1 N–H and O–H groups in total. The van der Waals surface area contributed by atoms with E-state index in [1.54, 1.807) is 0 Å². The van der Waals surface area contributed by atoms with Crippen molar-refractivity contribution in [3.8, 4) is 0 Å². The van der Waals surface area contributed by atoms with E-state index in [4.69, 9.17) is 0 Å². The molecule has 2 rings (SSSR count). The smallest absolute Gasteiger partial charge is 0.229 e. The summed E-state index contributed by atoms with van der Waals surface area (Å²) < 4.78 is 48.7. The molecule has 0 aliphatic carbocycles. The zero-order valence-electron chi connectivity index (χ0n) is 11.1. The average molecular weight is 315 g/mol. The van der Waals surface area contributed by atoms with Crippen molar-refractivity contribution in [2.45, 2.75) is 19.4 Å². The van der Waals surface area contributed by atoms with Crippen molar-refractivity contribution < 1.29 is 16.8 Å². The lowest BCUT2D eigenvalue weighted by Crippen LogP contribution is -2.34. The third kappa shape index (κ3) is 4.43. The van der Waals surface area contributed by atoms with Crippen LogP contribution in [0, 0.1) is 6.92 Å². The molecule has 0 aromatic heterocycles. The second-order valence-electron chi connectivity index (χ2n) is 4.98. The Morgan fingerprint density at radius 3 is 2.45 bits per heavy atom. The molecular weight excluding hydrogens is 298 g/mol. The van der Waals surface area contributed by atoms with Crippen molar-refractivity contribution in [2.75, 3.05) is 11.5 Å². The van der Waals surface area contributed by atoms with Gasteiger partial charge in [0.05, 0.1) is 11.5 Å². The lowest BCUT2D eigenvalue weighted by Gasteiger charge is -2.08. The maximum Gasteiger partial charge on any atom is 0.234 e. The van der Waals surface area contributed by atoms with Gasteiger partial charge in [-0.2, -0.15) is 0 Å². The number of sulfonamides is 1. The molecule has 0 spiro atoms. The minimum absolute atomic E-state index is 0.0435. The zero-order valence-corrected chi connectivity index (χ0v) is 12.7. The van der Waals surface area contributed by atoms with Gasteiger partial charge in [-0.3, -0.25) is 0 Å². The summed E-state index contributed by atoms with van der Waals surface area (Å²) in [6.45, 7) is 1.95. The first kappa shape index (κ1) is 15.2. The molecule has 1 fully saturated rings. The first-order valence-corrected chi connectivity index (χ1v) is 9.60. The van der Waals surface area contributed by atoms with Gasteiger partial charge in [-0.05, 0) is 25.0 Å². The van der Waals surface area contributed by atoms with Crippen molar-refractivity contribution in [3.63, 3.8) is 0 Å². The van der Waals surface area contributed by atoms with Crippen molar-refractivity contribution in [3.05, 3.63) is 40.8 Å². The minimum atomic E-state index is -3.62. The van der Waals surface area contributed by atoms with Gasteiger partial charge in [0.1, 0.15) is 0 Å². The van der Waals surface area contributed by atoms with E-state index in [0.29, 0.717) is 6.42 Å². The van der Waals surface area contributed by atoms with E-state index in [0.717, 1.165) is 16.5 Å². The molecule has 1 aromatic rings. The molecule has 20 heavy (non-hydrogen) atoms. The average Bonchev–Trinajstić information content (AvgIpc) is 2.67. The highest BCUT2D eigenvalue weighted by Gasteiger charge is 2.30. The number of sulfone groups is 1. The first-order valence-electron chi connectivity index (χ1n) is 6.23. The molecule has 0 radical (unpaired) electrons. The van der Waals surface area contributed by atoms with Crippen LogP contribution in [0.4, 0.5) is 0 Å². The molecule has 0 amide bonds. The van der Waals surface area contributed by atoms with Crippen molar-refractivity contribution in [1.29, 1.82) is 0 Å². The number of hydrogen-bond acceptors (Lipinski definition) is 4. The van der Waals surface area contributed by atoms with E-state index in [1.807, 2.05) is 31.2 Å². The molecule has 5 nitrogen and oxygen atoms in total. The fourth-order valence-corrected chi connectivity index (χ4v) is 4.86. The van der Waals surface area contributed by atoms with E-state index in [-0.39, 0.29) is 11.5 Å². The van der Waals surface area contributed by atoms with Crippen molar-refractivity contribution in [2.24, 2.45) is 0 Å². The summed E-state index contributed by atoms with van der Waals surface area (Å²) in [5.74, 6) is -0.0769. The van der Waals surface area contributed by atoms with Crippen LogP contribution in [0.25, 0.3) is 6.08 Å². The van der Waals surface area contributed by atoms with Gasteiger partial charge in [0.2, 0.25) is 10.0 Å². The van der Waals surface area contributed by atoms with Crippen LogP contribution in [-0.2, 0) is 19.9 Å². The van der Waals surface area contributed by atoms with Crippen LogP contribution in [0.1, 0.15) is 17.5 Å². The van der Waals surface area contributed by atoms with Crippen LogP contribution in [-0.4, -0.2) is 34.4 Å². The largest absolute Gasteiger partial charge is 0.234 e. The first-order chi connectivity index (χ1) is 9.26. The maximum absolute atomic E-state index is 11.8. The maximum atomic E-state index is 11.8. The normalized spacial score (nSPS) is 22.4. The summed E-state index contributed by atoms with van der Waals surface area (Å²) in [6, 6.07) is 6.91. The predicted molar refractivity (Wildman–Crippen MR) is 79.3 cm³/mol. The van der Waals surface area contributed by atoms with Gasteiger partial charge in [-0.1, -0.05) is 29.8 Å². The van der Waals surface area contributed by atoms with Crippen LogP contribution in [0.5, 0.6) is 0 Å². The van der Waals surface area contributed by atoms with E-state index < -0.39 is 25.9 Å². The summed E-state index contributed by atoms with van der Waals surface area (Å²) in [6.07, 6.45) is 1.82. The van der Waals surface area contributed by atoms with E-state index >= 15 is 0 Å². The molecule has 1 aliphatic rings. The second kappa shape index (κ2) is 5.67. The Morgan fingerprint density at radius 2 is 1.90 bits per heavy atom. The number of nitrogens with one attached hydrogen (secondary N) is 1. The van der Waals surface area contributed by atoms with Crippen LogP contribution in [0.15, 0.2) is 29.7 Å². The van der Waals surface area contributed by atoms with Gasteiger partial charge in [0.25, 0.3) is 0 Å². The highest BCUT2D eigenvalue weighted by Crippen LogP contribution is 2.13. The number of benzene rings is 1. The van der Waals surface area contributed by atoms with E-state index in [1.165, 1.54) is 6.08 Å². The van der Waals surface area contributed by atoms with Crippen LogP contribution in [0.3, 0.4) is 0 Å². The van der Waals surface area contributed by atoms with Gasteiger partial charge >= 0.3 is 0 Å². The zero-order chi connectivity index (χ0) is 14.8. The fraction of sp³-hybridized carbons (Fsp3) is 0.385. The second-order valence-corrected chi connectivity index (χ2v) is 8.80. The molecule has 110 valence electrons. The SMILES string of the molecule is Cc1ccc(/C=C/S(=O)(=O)NC2CCS(=O)(=O)C2)cc1. The van der Waals surface area contributed by atoms with E-state index in [9.17, 15) is 16.8 Å². The van der Waals surface area contributed by atoms with Gasteiger partial charge < -0.3 is 0 Å². The Labute approximate surface area is 119 Å². The predicted octanol–water partition coefficient (Wildman–Crippen LogP) is 1.07. The fourth-order valence-electron chi connectivity index (χ4n) is 2.01. The topological polar surface area (TPSA) is 80.3 Å². The molecule has 1 aliphatic heterocycles. The molecule has 1 unspecified atom stereocenters. The molecule has 1 heterocycles. The Morgan fingerprint density at radius 1 is 1.25 bits per heavy atom. The van der Waals surface area contributed by atoms with Gasteiger partial charge in [0, 0.05) is 11.4 Å². The van der Waals surface area contributed by atoms with Crippen LogP contribution in [0.2, 0.25) is 0 Å². The van der Waals surface area contributed by atoms with Crippen molar-refractivity contribution in [1.82, 2.24) is 4.72 Å². The summed E-state index contributed by atoms with van der Waals surface area (Å²) in [5.41, 5.74) is 1.87. The Balaban J connectivity index is 2.02. The number of aryl methyl sites for hydroxylation is 1. The Kier molecular flexibility index (Phi) is 4.31. The minimum Gasteiger partial charge on any atom is -0.229 e. The summed E-state index contributed by atoms with van der Waals surface area (Å²) in [5, 5.41) is 1.07. The van der Waals surface area contributed by atoms with Crippen molar-refractivity contribution >= 4 is 25.9 Å². The van der Waals surface area contributed by atoms with Gasteiger partial charge in [-0.15, -0.1) is 0 Å². The summed E-state index contributed by atoms with van der Waals surface area (Å²) in [7, 11) is -6.71. The highest BCUT2D eigenvalue weighted by molar-refractivity contribution is 7.93. The van der Waals surface area contributed by atoms with Crippen LogP contribution < -0.4 is 4.72 Å².